The second kappa shape index (κ2) is 66.8. The van der Waals surface area contributed by atoms with Crippen LogP contribution in [0, 0.1) is 0 Å². The van der Waals surface area contributed by atoms with Crippen LogP contribution in [0.4, 0.5) is 0 Å². The van der Waals surface area contributed by atoms with Crippen molar-refractivity contribution < 1.29 is 112 Å². The van der Waals surface area contributed by atoms with E-state index < -0.39 is 10.4 Å². The molecule has 84 heavy (non-hydrogen) atoms. The molecule has 26 heteroatoms. The van der Waals surface area contributed by atoms with E-state index in [1.807, 2.05) is 6.92 Å². The molecule has 0 amide bonds. The van der Waals surface area contributed by atoms with Gasteiger partial charge in [0.1, 0.15) is 12.4 Å². The van der Waals surface area contributed by atoms with Gasteiger partial charge in [0.25, 0.3) is 0 Å². The van der Waals surface area contributed by atoms with Crippen LogP contribution in [-0.4, -0.2) is 273 Å². The fourth-order valence-electron chi connectivity index (χ4n) is 6.97. The van der Waals surface area contributed by atoms with E-state index in [1.54, 1.807) is 0 Å². The Morgan fingerprint density at radius 2 is 0.595 bits per heavy atom. The molecule has 0 fully saturated rings. The van der Waals surface area contributed by atoms with E-state index in [-0.39, 0.29) is 19.8 Å². The number of rotatable bonds is 72. The van der Waals surface area contributed by atoms with E-state index in [4.69, 9.17) is 94.7 Å². The molecule has 0 heterocycles. The highest BCUT2D eigenvalue weighted by atomic mass is 32.3. The lowest BCUT2D eigenvalue weighted by atomic mass is 10.0. The van der Waals surface area contributed by atoms with Gasteiger partial charge in [-0.3, -0.25) is 0 Å². The minimum Gasteiger partial charge on any atom is -0.491 e. The number of hydrogen-bond donors (Lipinski definition) is 1. The van der Waals surface area contributed by atoms with Gasteiger partial charge >= 0.3 is 10.4 Å². The molecule has 2 N–H and O–H groups in total. The van der Waals surface area contributed by atoms with Gasteiger partial charge in [-0.1, -0.05) is 63.7 Å². The van der Waals surface area contributed by atoms with Gasteiger partial charge in [0.15, 0.2) is 0 Å². The maximum absolute atomic E-state index is 10.8. The molecule has 496 valence electrons. The zero-order valence-corrected chi connectivity index (χ0v) is 51.9. The quantitative estimate of drug-likeness (QED) is 0.0674. The zero-order chi connectivity index (χ0) is 60.3. The van der Waals surface area contributed by atoms with Gasteiger partial charge in [-0.2, -0.15) is 18.6 Å². The number of ether oxygens (including phenoxy) is 20. The van der Waals surface area contributed by atoms with Crippen molar-refractivity contribution >= 4 is 16.5 Å². The third-order valence-corrected chi connectivity index (χ3v) is 11.9. The number of hydrogen-bond acceptors (Lipinski definition) is 25. The standard InChI is InChI=1S/C58H109NO24S/c1-3-5-6-7-8-9-10-12-56-13-14-58(57(55-56)11-4-2)81-53-51-79-49-47-77-45-43-75-41-39-73-37-35-71-33-31-69-29-27-67-25-23-65-21-19-63-17-15-62-16-18-64-20-22-66-24-26-68-28-30-70-32-34-72-36-38-74-40-42-76-44-46-78-48-50-80-52-54-82-84(60,61)83-59/h4,11,13-14,55H,3,5-10,12,15-54,59H2,1-2H3. The Bertz CT molecular complexity index is 1610. The summed E-state index contributed by atoms with van der Waals surface area (Å²) in [7, 11) is -4.15. The van der Waals surface area contributed by atoms with Crippen LogP contribution < -0.4 is 10.6 Å². The topological polar surface area (TPSA) is 263 Å². The van der Waals surface area contributed by atoms with Gasteiger partial charge in [-0.25, -0.2) is 4.18 Å². The van der Waals surface area contributed by atoms with Crippen LogP contribution in [0.1, 0.15) is 69.9 Å². The Morgan fingerprint density at radius 3 is 0.857 bits per heavy atom. The van der Waals surface area contributed by atoms with Crippen LogP contribution in [0.2, 0.25) is 0 Å². The molecule has 25 nitrogen and oxygen atoms in total. The van der Waals surface area contributed by atoms with Crippen molar-refractivity contribution in [3.63, 3.8) is 0 Å². The second-order valence-electron chi connectivity index (χ2n) is 18.1. The molecule has 0 atom stereocenters. The monoisotopic (exact) mass is 1240 g/mol. The van der Waals surface area contributed by atoms with Crippen LogP contribution >= 0.6 is 0 Å². The lowest BCUT2D eigenvalue weighted by Crippen LogP contribution is -2.18. The van der Waals surface area contributed by atoms with Crippen LogP contribution in [0.3, 0.4) is 0 Å². The number of nitrogens with two attached hydrogens (primary N) is 1. The Balaban J connectivity index is 1.66. The highest BCUT2D eigenvalue weighted by molar-refractivity contribution is 7.81. The third-order valence-electron chi connectivity index (χ3n) is 11.2. The van der Waals surface area contributed by atoms with Crippen molar-refractivity contribution in [2.75, 3.05) is 264 Å². The van der Waals surface area contributed by atoms with Crippen molar-refractivity contribution in [2.45, 2.75) is 65.2 Å². The summed E-state index contributed by atoms with van der Waals surface area (Å²) in [6.45, 7) is 21.8. The Hall–Kier alpha value is -2.17. The van der Waals surface area contributed by atoms with Gasteiger partial charge in [0, 0.05) is 5.56 Å². The summed E-state index contributed by atoms with van der Waals surface area (Å²) >= 11 is 0. The average Bonchev–Trinajstić information content (AvgIpc) is 3.50. The van der Waals surface area contributed by atoms with Crippen molar-refractivity contribution in [3.8, 4) is 5.75 Å². The maximum Gasteiger partial charge on any atom is 0.415 e. The molecule has 0 aliphatic rings. The lowest BCUT2D eigenvalue weighted by molar-refractivity contribution is -0.0313. The van der Waals surface area contributed by atoms with Crippen LogP contribution in [0.5, 0.6) is 5.75 Å². The molecule has 1 aromatic carbocycles. The number of aryl methyl sites for hydroxylation is 1. The van der Waals surface area contributed by atoms with Crippen molar-refractivity contribution in [1.29, 1.82) is 0 Å². The molecule has 0 radical (unpaired) electrons. The molecule has 0 bridgehead atoms. The summed E-state index contributed by atoms with van der Waals surface area (Å²) in [5.41, 5.74) is 2.49. The number of allylic oxidation sites excluding steroid dienone is 1. The van der Waals surface area contributed by atoms with E-state index in [2.05, 4.69) is 51.6 Å². The molecule has 0 unspecified atom stereocenters. The predicted octanol–water partition coefficient (Wildman–Crippen LogP) is 4.86. The molecular weight excluding hydrogens is 1130 g/mol. The van der Waals surface area contributed by atoms with Gasteiger partial charge in [-0.05, 0) is 37.5 Å². The van der Waals surface area contributed by atoms with Gasteiger partial charge in [0.2, 0.25) is 0 Å². The first kappa shape index (κ1) is 79.8. The molecular formula is C58H109NO24S. The molecule has 1 rings (SSSR count). The largest absolute Gasteiger partial charge is 0.491 e. The Labute approximate surface area is 503 Å². The second-order valence-corrected chi connectivity index (χ2v) is 19.3. The molecule has 0 aliphatic carbocycles. The molecule has 0 aromatic heterocycles. The maximum atomic E-state index is 10.8. The van der Waals surface area contributed by atoms with Gasteiger partial charge in [-0.15, -0.1) is 0 Å². The fourth-order valence-corrected chi connectivity index (χ4v) is 7.30. The fraction of sp³-hybridized carbons (Fsp3) is 0.862. The van der Waals surface area contributed by atoms with E-state index >= 15 is 0 Å². The van der Waals surface area contributed by atoms with E-state index in [9.17, 15) is 8.42 Å². The predicted molar refractivity (Wildman–Crippen MR) is 314 cm³/mol. The summed E-state index contributed by atoms with van der Waals surface area (Å²) in [4.78, 5) is 0. The summed E-state index contributed by atoms with van der Waals surface area (Å²) in [5, 5.41) is 0. The summed E-state index contributed by atoms with van der Waals surface area (Å²) < 4.78 is 140. The molecule has 1 aromatic rings. The first-order valence-electron chi connectivity index (χ1n) is 30.2. The smallest absolute Gasteiger partial charge is 0.415 e. The van der Waals surface area contributed by atoms with Crippen LogP contribution in [0.15, 0.2) is 24.3 Å². The highest BCUT2D eigenvalue weighted by Crippen LogP contribution is 2.23. The average molecular weight is 1240 g/mol. The SMILES string of the molecule is CC=Cc1cc(CCCCCCCCC)ccc1OCCOCCOCCOCCOCCOCCOCCOCCOCCOCCOCCOCCOCCOCCOCCOCCOCCOCCOCCOCCOS(=O)(=O)ON. The van der Waals surface area contributed by atoms with E-state index in [0.717, 1.165) is 17.7 Å². The summed E-state index contributed by atoms with van der Waals surface area (Å²) in [5.74, 6) is 5.43. The van der Waals surface area contributed by atoms with Gasteiger partial charge < -0.3 is 94.7 Å². The van der Waals surface area contributed by atoms with E-state index in [1.165, 1.54) is 50.5 Å². The molecule has 0 aliphatic heterocycles. The normalized spacial score (nSPS) is 12.0. The van der Waals surface area contributed by atoms with E-state index in [0.29, 0.717) is 244 Å². The van der Waals surface area contributed by atoms with Crippen LogP contribution in [0.25, 0.3) is 6.08 Å². The van der Waals surface area contributed by atoms with Crippen molar-refractivity contribution in [1.82, 2.24) is 0 Å². The number of unbranched alkanes of at least 4 members (excludes halogenated alkanes) is 6. The molecule has 0 spiro atoms. The first-order valence-corrected chi connectivity index (χ1v) is 31.5. The summed E-state index contributed by atoms with van der Waals surface area (Å²) in [6, 6.07) is 6.53. The van der Waals surface area contributed by atoms with Crippen molar-refractivity contribution in [3.05, 3.63) is 35.4 Å². The number of benzene rings is 1. The minimum atomic E-state index is -4.15. The highest BCUT2D eigenvalue weighted by Gasteiger charge is 2.09. The van der Waals surface area contributed by atoms with Crippen LogP contribution in [-0.2, 0) is 115 Å². The molecule has 0 saturated carbocycles. The minimum absolute atomic E-state index is 0.0539. The summed E-state index contributed by atoms with van der Waals surface area (Å²) in [6.07, 6.45) is 14.5. The van der Waals surface area contributed by atoms with Crippen molar-refractivity contribution in [2.24, 2.45) is 5.90 Å². The van der Waals surface area contributed by atoms with Gasteiger partial charge in [0.05, 0.1) is 258 Å². The zero-order valence-electron chi connectivity index (χ0n) is 51.1. The lowest BCUT2D eigenvalue weighted by Gasteiger charge is -2.12. The molecule has 0 saturated heterocycles. The first-order chi connectivity index (χ1) is 41.5. The third kappa shape index (κ3) is 60.1. The Morgan fingerprint density at radius 1 is 0.345 bits per heavy atom. The Kier molecular flexibility index (Phi) is 63.5.